The topological polar surface area (TPSA) is 46.3 Å². The van der Waals surface area contributed by atoms with Gasteiger partial charge in [0.25, 0.3) is 0 Å². The largest absolute Gasteiger partial charge is 0.331 e. The second-order valence-electron chi connectivity index (χ2n) is 3.81. The molecule has 0 saturated heterocycles. The Morgan fingerprint density at radius 1 is 1.57 bits per heavy atom. The molecule has 0 atom stereocenters. The highest BCUT2D eigenvalue weighted by Gasteiger charge is 2.25. The Balaban J connectivity index is 2.31. The molecule has 1 aliphatic rings. The van der Waals surface area contributed by atoms with Gasteiger partial charge in [-0.1, -0.05) is 5.92 Å². The molecule has 78 valence electrons. The quantitative estimate of drug-likeness (QED) is 0.629. The lowest BCUT2D eigenvalue weighted by Crippen LogP contribution is -2.33. The van der Waals surface area contributed by atoms with Crippen LogP contribution in [0.2, 0.25) is 0 Å². The molecule has 1 fully saturated rings. The van der Waals surface area contributed by atoms with E-state index in [4.69, 9.17) is 12.2 Å². The van der Waals surface area contributed by atoms with Crippen LogP contribution in [0.25, 0.3) is 0 Å². The molecular weight excluding hydrogens is 176 g/mol. The van der Waals surface area contributed by atoms with Gasteiger partial charge in [-0.2, -0.15) is 0 Å². The first-order valence-corrected chi connectivity index (χ1v) is 5.19. The van der Waals surface area contributed by atoms with Gasteiger partial charge in [-0.05, 0) is 31.7 Å². The lowest BCUT2D eigenvalue weighted by atomic mass is 10.2. The molecule has 1 saturated carbocycles. The van der Waals surface area contributed by atoms with E-state index in [2.05, 4.69) is 5.92 Å². The van der Waals surface area contributed by atoms with Crippen molar-refractivity contribution in [1.82, 2.24) is 4.90 Å². The molecule has 0 radical (unpaired) electrons. The van der Waals surface area contributed by atoms with Crippen molar-refractivity contribution in [3.8, 4) is 12.3 Å². The number of nitrogens with zero attached hydrogens (tertiary/aromatic N) is 1. The summed E-state index contributed by atoms with van der Waals surface area (Å²) in [4.78, 5) is 13.4. The summed E-state index contributed by atoms with van der Waals surface area (Å²) in [5.41, 5.74) is 5.35. The Kier molecular flexibility index (Phi) is 4.48. The third-order valence-electron chi connectivity index (χ3n) is 2.41. The Morgan fingerprint density at radius 2 is 2.29 bits per heavy atom. The molecule has 0 spiro atoms. The van der Waals surface area contributed by atoms with Crippen LogP contribution in [0.4, 0.5) is 0 Å². The fraction of sp³-hybridized carbons (Fsp3) is 0.727. The van der Waals surface area contributed by atoms with Crippen molar-refractivity contribution in [2.24, 2.45) is 11.7 Å². The Morgan fingerprint density at radius 3 is 2.79 bits per heavy atom. The van der Waals surface area contributed by atoms with Gasteiger partial charge in [0, 0.05) is 13.0 Å². The van der Waals surface area contributed by atoms with Crippen molar-refractivity contribution in [2.45, 2.75) is 25.7 Å². The standard InChI is InChI=1S/C11H18N2O/c1-2-8-13(9-10-5-6-10)11(14)4-3-7-12/h1,10H,3-9,12H2. The fourth-order valence-electron chi connectivity index (χ4n) is 1.39. The van der Waals surface area contributed by atoms with Crippen LogP contribution in [-0.4, -0.2) is 30.4 Å². The SMILES string of the molecule is C#CCN(CC1CC1)C(=O)CCCN. The van der Waals surface area contributed by atoms with E-state index in [0.717, 1.165) is 13.0 Å². The first kappa shape index (κ1) is 11.1. The highest BCUT2D eigenvalue weighted by Crippen LogP contribution is 2.29. The van der Waals surface area contributed by atoms with E-state index in [-0.39, 0.29) is 5.91 Å². The van der Waals surface area contributed by atoms with Crippen molar-refractivity contribution in [2.75, 3.05) is 19.6 Å². The van der Waals surface area contributed by atoms with E-state index in [9.17, 15) is 4.79 Å². The predicted molar refractivity (Wildman–Crippen MR) is 56.4 cm³/mol. The minimum absolute atomic E-state index is 0.153. The van der Waals surface area contributed by atoms with Crippen LogP contribution >= 0.6 is 0 Å². The summed E-state index contributed by atoms with van der Waals surface area (Å²) in [5.74, 6) is 3.38. The number of carbonyl (C=O) groups is 1. The van der Waals surface area contributed by atoms with Gasteiger partial charge >= 0.3 is 0 Å². The minimum Gasteiger partial charge on any atom is -0.331 e. The molecule has 0 aromatic rings. The summed E-state index contributed by atoms with van der Waals surface area (Å²) in [6.45, 7) is 1.85. The predicted octanol–water partition coefficient (Wildman–Crippen LogP) is 0.597. The number of rotatable bonds is 6. The van der Waals surface area contributed by atoms with Crippen molar-refractivity contribution >= 4 is 5.91 Å². The second-order valence-corrected chi connectivity index (χ2v) is 3.81. The molecule has 1 aliphatic carbocycles. The first-order chi connectivity index (χ1) is 6.77. The molecule has 3 heteroatoms. The Bertz CT molecular complexity index is 228. The van der Waals surface area contributed by atoms with Gasteiger partial charge in [0.2, 0.25) is 5.91 Å². The van der Waals surface area contributed by atoms with E-state index in [1.165, 1.54) is 12.8 Å². The van der Waals surface area contributed by atoms with Crippen LogP contribution in [0.15, 0.2) is 0 Å². The molecule has 1 rings (SSSR count). The van der Waals surface area contributed by atoms with Gasteiger partial charge in [-0.15, -0.1) is 6.42 Å². The molecular formula is C11H18N2O. The van der Waals surface area contributed by atoms with E-state index in [1.807, 2.05) is 0 Å². The smallest absolute Gasteiger partial charge is 0.223 e. The monoisotopic (exact) mass is 194 g/mol. The third-order valence-corrected chi connectivity index (χ3v) is 2.41. The summed E-state index contributed by atoms with van der Waals surface area (Å²) >= 11 is 0. The van der Waals surface area contributed by atoms with Crippen LogP contribution in [0.3, 0.4) is 0 Å². The molecule has 2 N–H and O–H groups in total. The average Bonchev–Trinajstić information content (AvgIpc) is 2.97. The number of terminal acetylenes is 1. The summed E-state index contributed by atoms with van der Waals surface area (Å²) < 4.78 is 0. The molecule has 0 bridgehead atoms. The maximum Gasteiger partial charge on any atom is 0.223 e. The summed E-state index contributed by atoms with van der Waals surface area (Å²) in [6.07, 6.45) is 8.99. The van der Waals surface area contributed by atoms with Crippen molar-refractivity contribution < 1.29 is 4.79 Å². The highest BCUT2D eigenvalue weighted by molar-refractivity contribution is 5.76. The van der Waals surface area contributed by atoms with Gasteiger partial charge < -0.3 is 10.6 Å². The van der Waals surface area contributed by atoms with Gasteiger partial charge in [0.15, 0.2) is 0 Å². The van der Waals surface area contributed by atoms with Gasteiger partial charge in [-0.3, -0.25) is 4.79 Å². The molecule has 0 heterocycles. The molecule has 0 unspecified atom stereocenters. The zero-order valence-electron chi connectivity index (χ0n) is 8.54. The van der Waals surface area contributed by atoms with Gasteiger partial charge in [0.1, 0.15) is 0 Å². The van der Waals surface area contributed by atoms with E-state index >= 15 is 0 Å². The molecule has 1 amide bonds. The average molecular weight is 194 g/mol. The van der Waals surface area contributed by atoms with Gasteiger partial charge in [-0.25, -0.2) is 0 Å². The van der Waals surface area contributed by atoms with Crippen molar-refractivity contribution in [1.29, 1.82) is 0 Å². The number of carbonyl (C=O) groups excluding carboxylic acids is 1. The molecule has 0 aromatic carbocycles. The maximum atomic E-state index is 11.6. The number of hydrogen-bond donors (Lipinski definition) is 1. The normalized spacial score (nSPS) is 14.9. The summed E-state index contributed by atoms with van der Waals surface area (Å²) in [7, 11) is 0. The summed E-state index contributed by atoms with van der Waals surface area (Å²) in [6, 6.07) is 0. The molecule has 0 aromatic heterocycles. The Labute approximate surface area is 85.6 Å². The van der Waals surface area contributed by atoms with Crippen LogP contribution in [-0.2, 0) is 4.79 Å². The van der Waals surface area contributed by atoms with Crippen LogP contribution in [0, 0.1) is 18.3 Å². The highest BCUT2D eigenvalue weighted by atomic mass is 16.2. The lowest BCUT2D eigenvalue weighted by Gasteiger charge is -2.19. The zero-order valence-corrected chi connectivity index (χ0v) is 8.54. The second kappa shape index (κ2) is 5.66. The lowest BCUT2D eigenvalue weighted by molar-refractivity contribution is -0.130. The van der Waals surface area contributed by atoms with Crippen LogP contribution < -0.4 is 5.73 Å². The minimum atomic E-state index is 0.153. The van der Waals surface area contributed by atoms with E-state index < -0.39 is 0 Å². The molecule has 0 aliphatic heterocycles. The Hall–Kier alpha value is -1.01. The fourth-order valence-corrected chi connectivity index (χ4v) is 1.39. The molecule has 3 nitrogen and oxygen atoms in total. The number of nitrogens with two attached hydrogens (primary N) is 1. The summed E-state index contributed by atoms with van der Waals surface area (Å²) in [5, 5.41) is 0. The molecule has 14 heavy (non-hydrogen) atoms. The number of hydrogen-bond acceptors (Lipinski definition) is 2. The van der Waals surface area contributed by atoms with E-state index in [0.29, 0.717) is 25.4 Å². The third kappa shape index (κ3) is 3.80. The van der Waals surface area contributed by atoms with Crippen LogP contribution in [0.5, 0.6) is 0 Å². The van der Waals surface area contributed by atoms with Crippen LogP contribution in [0.1, 0.15) is 25.7 Å². The van der Waals surface area contributed by atoms with Gasteiger partial charge in [0.05, 0.1) is 6.54 Å². The number of amides is 1. The van der Waals surface area contributed by atoms with E-state index in [1.54, 1.807) is 4.90 Å². The van der Waals surface area contributed by atoms with Crippen molar-refractivity contribution in [3.63, 3.8) is 0 Å². The first-order valence-electron chi connectivity index (χ1n) is 5.19. The maximum absolute atomic E-state index is 11.6. The van der Waals surface area contributed by atoms with Crippen molar-refractivity contribution in [3.05, 3.63) is 0 Å². The zero-order chi connectivity index (χ0) is 10.4.